The number of nitrogens with zero attached hydrogens (tertiary/aromatic N) is 7. The third-order valence-electron chi connectivity index (χ3n) is 6.66. The molecule has 1 amide bonds. The molecule has 39 heavy (non-hydrogen) atoms. The minimum atomic E-state index is -0.0454. The third kappa shape index (κ3) is 5.19. The van der Waals surface area contributed by atoms with Crippen LogP contribution in [0.15, 0.2) is 74.0 Å². The quantitative estimate of drug-likeness (QED) is 0.298. The van der Waals surface area contributed by atoms with Crippen LogP contribution in [-0.2, 0) is 4.79 Å². The summed E-state index contributed by atoms with van der Waals surface area (Å²) in [7, 11) is 0. The Morgan fingerprint density at radius 3 is 2.92 bits per heavy atom. The second-order valence-corrected chi connectivity index (χ2v) is 9.39. The lowest BCUT2D eigenvalue weighted by Crippen LogP contribution is -2.44. The number of carbonyl (C=O) groups excluding carboxylic acids is 1. The molecule has 5 heterocycles. The van der Waals surface area contributed by atoms with Crippen molar-refractivity contribution in [2.75, 3.05) is 23.7 Å². The van der Waals surface area contributed by atoms with Gasteiger partial charge in [-0.1, -0.05) is 6.58 Å². The molecule has 0 radical (unpaired) electrons. The Bertz CT molecular complexity index is 1680. The Morgan fingerprint density at radius 1 is 1.13 bits per heavy atom. The van der Waals surface area contributed by atoms with Gasteiger partial charge in [0, 0.05) is 37.1 Å². The zero-order chi connectivity index (χ0) is 26.8. The summed E-state index contributed by atoms with van der Waals surface area (Å²) in [5, 5.41) is 11.0. The lowest BCUT2D eigenvalue weighted by Gasteiger charge is -2.32. The molecule has 0 aliphatic carbocycles. The molecule has 6 rings (SSSR count). The summed E-state index contributed by atoms with van der Waals surface area (Å²) in [6.45, 7) is 6.95. The maximum atomic E-state index is 12.1. The number of hydrogen-bond acceptors (Lipinski definition) is 9. The van der Waals surface area contributed by atoms with Crippen LogP contribution in [0, 0.1) is 6.92 Å². The van der Waals surface area contributed by atoms with E-state index >= 15 is 0 Å². The van der Waals surface area contributed by atoms with Gasteiger partial charge in [0.15, 0.2) is 11.5 Å². The van der Waals surface area contributed by atoms with E-state index in [9.17, 15) is 4.79 Å². The van der Waals surface area contributed by atoms with Crippen LogP contribution < -0.4 is 15.4 Å². The van der Waals surface area contributed by atoms with Gasteiger partial charge in [0.05, 0.1) is 5.52 Å². The topological polar surface area (TPSA) is 122 Å². The van der Waals surface area contributed by atoms with E-state index in [2.05, 4.69) is 37.3 Å². The standard InChI is InChI=1S/C28H27N9O2/c1-3-26(38)36-11-4-5-20(15-36)33-24-9-7-22-27(35-24)28(31-16-29-22)34-19-6-8-23(18(2)13-19)39-21-10-12-37-25(14-21)30-17-32-37/h3,6-10,12-14,16-17,20H,1,4-5,11,15H2,2H3,(H,33,35)(H,29,31,34)/t20-/m0/s1. The van der Waals surface area contributed by atoms with Crippen LogP contribution in [0.3, 0.4) is 0 Å². The number of piperidine rings is 1. The molecule has 0 saturated carbocycles. The fourth-order valence-electron chi connectivity index (χ4n) is 4.71. The predicted molar refractivity (Wildman–Crippen MR) is 148 cm³/mol. The molecule has 0 spiro atoms. The van der Waals surface area contributed by atoms with Crippen LogP contribution >= 0.6 is 0 Å². The molecule has 196 valence electrons. The molecule has 1 saturated heterocycles. The van der Waals surface area contributed by atoms with E-state index in [0.717, 1.165) is 41.9 Å². The number of fused-ring (bicyclic) bond motifs is 2. The average molecular weight is 522 g/mol. The molecule has 1 aliphatic heterocycles. The normalized spacial score (nSPS) is 15.3. The van der Waals surface area contributed by atoms with E-state index in [0.29, 0.717) is 35.1 Å². The first kappa shape index (κ1) is 24.3. The number of ether oxygens (including phenoxy) is 1. The summed E-state index contributed by atoms with van der Waals surface area (Å²) in [6.07, 6.45) is 8.08. The Balaban J connectivity index is 1.19. The Morgan fingerprint density at radius 2 is 2.05 bits per heavy atom. The first-order chi connectivity index (χ1) is 19.1. The van der Waals surface area contributed by atoms with Crippen molar-refractivity contribution in [3.8, 4) is 11.5 Å². The van der Waals surface area contributed by atoms with Crippen molar-refractivity contribution in [2.45, 2.75) is 25.8 Å². The van der Waals surface area contributed by atoms with E-state index in [1.807, 2.05) is 60.5 Å². The summed E-state index contributed by atoms with van der Waals surface area (Å²) in [5.74, 6) is 2.68. The number of hydrogen-bond donors (Lipinski definition) is 2. The molecule has 11 heteroatoms. The van der Waals surface area contributed by atoms with E-state index in [1.165, 1.54) is 18.7 Å². The number of carbonyl (C=O) groups is 1. The fourth-order valence-corrected chi connectivity index (χ4v) is 4.71. The van der Waals surface area contributed by atoms with Crippen molar-refractivity contribution in [2.24, 2.45) is 0 Å². The number of rotatable bonds is 7. The molecule has 11 nitrogen and oxygen atoms in total. The van der Waals surface area contributed by atoms with E-state index in [1.54, 1.807) is 4.52 Å². The molecule has 1 aliphatic rings. The Labute approximate surface area is 224 Å². The van der Waals surface area contributed by atoms with Crippen LogP contribution in [-0.4, -0.2) is 59.5 Å². The van der Waals surface area contributed by atoms with Crippen molar-refractivity contribution in [3.63, 3.8) is 0 Å². The van der Waals surface area contributed by atoms with E-state index in [-0.39, 0.29) is 11.9 Å². The van der Waals surface area contributed by atoms with Crippen molar-refractivity contribution >= 4 is 39.9 Å². The number of nitrogens with one attached hydrogen (secondary N) is 2. The molecular formula is C28H27N9O2. The SMILES string of the molecule is C=CC(=O)N1CCC[C@H](Nc2ccc3ncnc(Nc4ccc(Oc5ccn6ncnc6c5)c(C)c4)c3n2)C1. The highest BCUT2D eigenvalue weighted by Gasteiger charge is 2.22. The Hall–Kier alpha value is -5.06. The number of likely N-dealkylation sites (tertiary alicyclic amines) is 1. The van der Waals surface area contributed by atoms with Gasteiger partial charge in [-0.15, -0.1) is 0 Å². The molecule has 0 unspecified atom stereocenters. The van der Waals surface area contributed by atoms with E-state index < -0.39 is 0 Å². The van der Waals surface area contributed by atoms with Crippen molar-refractivity contribution in [3.05, 3.63) is 79.5 Å². The molecule has 1 aromatic carbocycles. The maximum absolute atomic E-state index is 12.1. The maximum Gasteiger partial charge on any atom is 0.246 e. The number of aryl methyl sites for hydroxylation is 1. The van der Waals surface area contributed by atoms with Crippen molar-refractivity contribution in [1.29, 1.82) is 0 Å². The smallest absolute Gasteiger partial charge is 0.246 e. The molecule has 2 N–H and O–H groups in total. The summed E-state index contributed by atoms with van der Waals surface area (Å²) < 4.78 is 7.78. The Kier molecular flexibility index (Phi) is 6.45. The number of pyridine rings is 2. The highest BCUT2D eigenvalue weighted by atomic mass is 16.5. The highest BCUT2D eigenvalue weighted by Crippen LogP contribution is 2.30. The lowest BCUT2D eigenvalue weighted by molar-refractivity contribution is -0.127. The first-order valence-corrected chi connectivity index (χ1v) is 12.7. The van der Waals surface area contributed by atoms with Gasteiger partial charge in [-0.05, 0) is 67.8 Å². The zero-order valence-corrected chi connectivity index (χ0v) is 21.4. The first-order valence-electron chi connectivity index (χ1n) is 12.7. The second-order valence-electron chi connectivity index (χ2n) is 9.39. The van der Waals surface area contributed by atoms with Crippen LogP contribution in [0.2, 0.25) is 0 Å². The van der Waals surface area contributed by atoms with Gasteiger partial charge in [-0.2, -0.15) is 5.10 Å². The number of amides is 1. The average Bonchev–Trinajstić information content (AvgIpc) is 3.43. The molecule has 5 aromatic rings. The predicted octanol–water partition coefficient (Wildman–Crippen LogP) is 4.50. The van der Waals surface area contributed by atoms with Gasteiger partial charge in [0.25, 0.3) is 0 Å². The van der Waals surface area contributed by atoms with Gasteiger partial charge in [0.2, 0.25) is 5.91 Å². The van der Waals surface area contributed by atoms with Crippen LogP contribution in [0.4, 0.5) is 17.3 Å². The van der Waals surface area contributed by atoms with Crippen molar-refractivity contribution in [1.82, 2.24) is 34.4 Å². The summed E-state index contributed by atoms with van der Waals surface area (Å²) >= 11 is 0. The molecule has 1 fully saturated rings. The minimum Gasteiger partial charge on any atom is -0.457 e. The summed E-state index contributed by atoms with van der Waals surface area (Å²) in [4.78, 5) is 31.7. The number of benzene rings is 1. The number of aromatic nitrogens is 6. The second kappa shape index (κ2) is 10.4. The monoisotopic (exact) mass is 521 g/mol. The lowest BCUT2D eigenvalue weighted by atomic mass is 10.1. The number of anilines is 3. The van der Waals surface area contributed by atoms with Crippen LogP contribution in [0.1, 0.15) is 18.4 Å². The van der Waals surface area contributed by atoms with Gasteiger partial charge in [-0.3, -0.25) is 4.79 Å². The van der Waals surface area contributed by atoms with Crippen LogP contribution in [0.5, 0.6) is 11.5 Å². The van der Waals surface area contributed by atoms with Gasteiger partial charge in [0.1, 0.15) is 35.5 Å². The van der Waals surface area contributed by atoms with Gasteiger partial charge < -0.3 is 20.3 Å². The zero-order valence-electron chi connectivity index (χ0n) is 21.4. The van der Waals surface area contributed by atoms with Crippen LogP contribution in [0.25, 0.3) is 16.7 Å². The highest BCUT2D eigenvalue weighted by molar-refractivity contribution is 5.88. The van der Waals surface area contributed by atoms with Crippen molar-refractivity contribution < 1.29 is 9.53 Å². The molecule has 4 aromatic heterocycles. The minimum absolute atomic E-state index is 0.0454. The summed E-state index contributed by atoms with van der Waals surface area (Å²) in [6, 6.07) is 13.5. The molecular weight excluding hydrogens is 494 g/mol. The van der Waals surface area contributed by atoms with E-state index in [4.69, 9.17) is 9.72 Å². The van der Waals surface area contributed by atoms with Gasteiger partial charge in [-0.25, -0.2) is 24.5 Å². The fraction of sp³-hybridized carbons (Fsp3) is 0.214. The third-order valence-corrected chi connectivity index (χ3v) is 6.66. The molecule has 0 bridgehead atoms. The largest absolute Gasteiger partial charge is 0.457 e. The van der Waals surface area contributed by atoms with Gasteiger partial charge >= 0.3 is 0 Å². The molecule has 1 atom stereocenters. The summed E-state index contributed by atoms with van der Waals surface area (Å²) in [5.41, 5.74) is 3.89.